The van der Waals surface area contributed by atoms with Gasteiger partial charge in [0.1, 0.15) is 5.52 Å². The second-order valence-electron chi connectivity index (χ2n) is 5.52. The van der Waals surface area contributed by atoms with E-state index in [0.717, 1.165) is 25.5 Å². The number of thioether (sulfide) groups is 1. The second kappa shape index (κ2) is 5.38. The van der Waals surface area contributed by atoms with E-state index in [1.807, 2.05) is 13.2 Å². The summed E-state index contributed by atoms with van der Waals surface area (Å²) < 4.78 is 13.8. The van der Waals surface area contributed by atoms with Crippen LogP contribution in [0, 0.1) is 5.82 Å². The highest BCUT2D eigenvalue weighted by Gasteiger charge is 2.37. The lowest BCUT2D eigenvalue weighted by molar-refractivity contribution is 0.0578. The van der Waals surface area contributed by atoms with Crippen molar-refractivity contribution in [3.05, 3.63) is 18.2 Å². The zero-order valence-corrected chi connectivity index (χ0v) is 12.7. The second-order valence-corrected chi connectivity index (χ2v) is 6.29. The van der Waals surface area contributed by atoms with E-state index in [9.17, 15) is 9.50 Å². The SMILES string of the molecule is CSc1ncc2c(F)cnc(N[C@@H]3CCC[C@@]3(C)O)c2n1. The first-order chi connectivity index (χ1) is 10.0. The third-order valence-electron chi connectivity index (χ3n) is 3.98. The van der Waals surface area contributed by atoms with Crippen LogP contribution in [0.3, 0.4) is 0 Å². The highest BCUT2D eigenvalue weighted by Crippen LogP contribution is 2.33. The number of hydrogen-bond donors (Lipinski definition) is 2. The summed E-state index contributed by atoms with van der Waals surface area (Å²) in [7, 11) is 0. The molecule has 0 spiro atoms. The molecule has 0 amide bonds. The lowest BCUT2D eigenvalue weighted by atomic mass is 10.0. The van der Waals surface area contributed by atoms with Crippen LogP contribution in [0.25, 0.3) is 10.9 Å². The molecule has 1 saturated carbocycles. The Morgan fingerprint density at radius 2 is 2.24 bits per heavy atom. The summed E-state index contributed by atoms with van der Waals surface area (Å²) in [5.41, 5.74) is -0.324. The van der Waals surface area contributed by atoms with Gasteiger partial charge in [0.05, 0.1) is 23.2 Å². The van der Waals surface area contributed by atoms with Crippen molar-refractivity contribution in [2.45, 2.75) is 43.0 Å². The lowest BCUT2D eigenvalue weighted by Crippen LogP contribution is -2.39. The molecule has 7 heteroatoms. The van der Waals surface area contributed by atoms with Gasteiger partial charge < -0.3 is 10.4 Å². The number of rotatable bonds is 3. The van der Waals surface area contributed by atoms with Crippen LogP contribution >= 0.6 is 11.8 Å². The summed E-state index contributed by atoms with van der Waals surface area (Å²) in [6, 6.07) is -0.105. The van der Waals surface area contributed by atoms with Crippen molar-refractivity contribution in [1.29, 1.82) is 0 Å². The molecule has 0 radical (unpaired) electrons. The van der Waals surface area contributed by atoms with Crippen LogP contribution in [0.1, 0.15) is 26.2 Å². The van der Waals surface area contributed by atoms with Crippen molar-refractivity contribution in [1.82, 2.24) is 15.0 Å². The standard InChI is InChI=1S/C14H17FN4OS/c1-14(20)5-3-4-10(14)18-12-11-8(9(15)7-16-12)6-17-13(19-11)21-2/h6-7,10,20H,3-5H2,1-2H3,(H,16,18)/t10-,14-/m1/s1. The number of halogens is 1. The van der Waals surface area contributed by atoms with Crippen molar-refractivity contribution in [3.63, 3.8) is 0 Å². The van der Waals surface area contributed by atoms with E-state index in [1.54, 1.807) is 0 Å². The first-order valence-electron chi connectivity index (χ1n) is 6.85. The highest BCUT2D eigenvalue weighted by molar-refractivity contribution is 7.98. The molecule has 1 aliphatic rings. The van der Waals surface area contributed by atoms with Gasteiger partial charge in [0, 0.05) is 6.20 Å². The molecular weight excluding hydrogens is 291 g/mol. The molecule has 2 N–H and O–H groups in total. The highest BCUT2D eigenvalue weighted by atomic mass is 32.2. The first-order valence-corrected chi connectivity index (χ1v) is 8.08. The largest absolute Gasteiger partial charge is 0.388 e. The van der Waals surface area contributed by atoms with Crippen molar-refractivity contribution in [2.24, 2.45) is 0 Å². The molecule has 21 heavy (non-hydrogen) atoms. The molecule has 0 aromatic carbocycles. The molecule has 0 aliphatic heterocycles. The number of fused-ring (bicyclic) bond motifs is 1. The molecule has 0 saturated heterocycles. The average molecular weight is 308 g/mol. The van der Waals surface area contributed by atoms with Gasteiger partial charge in [-0.1, -0.05) is 11.8 Å². The van der Waals surface area contributed by atoms with Gasteiger partial charge in [-0.25, -0.2) is 19.3 Å². The molecule has 5 nitrogen and oxygen atoms in total. The monoisotopic (exact) mass is 308 g/mol. The van der Waals surface area contributed by atoms with Crippen LogP contribution in [0.4, 0.5) is 10.2 Å². The van der Waals surface area contributed by atoms with Crippen LogP contribution in [-0.4, -0.2) is 38.0 Å². The quantitative estimate of drug-likeness (QED) is 0.671. The van der Waals surface area contributed by atoms with Crippen LogP contribution in [0.5, 0.6) is 0 Å². The lowest BCUT2D eigenvalue weighted by Gasteiger charge is -2.27. The Hall–Kier alpha value is -1.47. The number of aliphatic hydroxyl groups is 1. The summed E-state index contributed by atoms with van der Waals surface area (Å²) in [6.07, 6.45) is 7.06. The molecule has 2 aromatic heterocycles. The third-order valence-corrected chi connectivity index (χ3v) is 4.54. The molecule has 112 valence electrons. The van der Waals surface area contributed by atoms with Gasteiger partial charge >= 0.3 is 0 Å². The number of aromatic nitrogens is 3. The summed E-state index contributed by atoms with van der Waals surface area (Å²) >= 11 is 1.39. The Labute approximate surface area is 126 Å². The van der Waals surface area contributed by atoms with E-state index in [1.165, 1.54) is 18.0 Å². The van der Waals surface area contributed by atoms with Crippen LogP contribution in [-0.2, 0) is 0 Å². The maximum Gasteiger partial charge on any atom is 0.187 e. The predicted octanol–water partition coefficient (Wildman–Crippen LogP) is 2.60. The Morgan fingerprint density at radius 1 is 1.43 bits per heavy atom. The fraction of sp³-hybridized carbons (Fsp3) is 0.500. The Balaban J connectivity index is 2.03. The number of nitrogens with one attached hydrogen (secondary N) is 1. The maximum atomic E-state index is 13.8. The predicted molar refractivity (Wildman–Crippen MR) is 81.0 cm³/mol. The Bertz CT molecular complexity index is 679. The Kier molecular flexibility index (Phi) is 3.71. The third kappa shape index (κ3) is 2.67. The minimum absolute atomic E-state index is 0.105. The van der Waals surface area contributed by atoms with Gasteiger partial charge in [-0.05, 0) is 32.4 Å². The number of hydrogen-bond acceptors (Lipinski definition) is 6. The van der Waals surface area contributed by atoms with E-state index in [2.05, 4.69) is 20.3 Å². The first kappa shape index (κ1) is 14.5. The zero-order valence-electron chi connectivity index (χ0n) is 11.9. The minimum Gasteiger partial charge on any atom is -0.388 e. The summed E-state index contributed by atoms with van der Waals surface area (Å²) in [5, 5.41) is 14.5. The van der Waals surface area contributed by atoms with Crippen LogP contribution in [0.15, 0.2) is 17.6 Å². The summed E-state index contributed by atoms with van der Waals surface area (Å²) in [5.74, 6) is 0.0534. The topological polar surface area (TPSA) is 70.9 Å². The van der Waals surface area contributed by atoms with Gasteiger partial charge in [-0.2, -0.15) is 0 Å². The van der Waals surface area contributed by atoms with Crippen molar-refractivity contribution >= 4 is 28.5 Å². The summed E-state index contributed by atoms with van der Waals surface area (Å²) in [6.45, 7) is 1.81. The molecule has 2 atom stereocenters. The van der Waals surface area contributed by atoms with E-state index in [0.29, 0.717) is 21.9 Å². The smallest absolute Gasteiger partial charge is 0.187 e. The molecule has 3 rings (SSSR count). The van der Waals surface area contributed by atoms with E-state index in [4.69, 9.17) is 0 Å². The molecule has 2 aromatic rings. The van der Waals surface area contributed by atoms with E-state index < -0.39 is 11.4 Å². The average Bonchev–Trinajstić information content (AvgIpc) is 2.80. The Morgan fingerprint density at radius 3 is 2.90 bits per heavy atom. The number of pyridine rings is 1. The zero-order chi connectivity index (χ0) is 15.0. The molecule has 2 heterocycles. The number of nitrogens with zero attached hydrogens (tertiary/aromatic N) is 3. The van der Waals surface area contributed by atoms with Crippen molar-refractivity contribution in [3.8, 4) is 0 Å². The van der Waals surface area contributed by atoms with E-state index >= 15 is 0 Å². The van der Waals surface area contributed by atoms with Gasteiger partial charge in [0.15, 0.2) is 16.8 Å². The fourth-order valence-corrected chi connectivity index (χ4v) is 3.06. The van der Waals surface area contributed by atoms with Gasteiger partial charge in [-0.15, -0.1) is 0 Å². The maximum absolute atomic E-state index is 13.8. The molecule has 0 unspecified atom stereocenters. The molecular formula is C14H17FN4OS. The molecule has 1 aliphatic carbocycles. The molecule has 0 bridgehead atoms. The van der Waals surface area contributed by atoms with Gasteiger partial charge in [0.2, 0.25) is 0 Å². The normalized spacial score (nSPS) is 25.4. The van der Waals surface area contributed by atoms with Crippen molar-refractivity contribution < 1.29 is 9.50 Å². The van der Waals surface area contributed by atoms with Crippen LogP contribution in [0.2, 0.25) is 0 Å². The van der Waals surface area contributed by atoms with Gasteiger partial charge in [0.25, 0.3) is 0 Å². The van der Waals surface area contributed by atoms with Crippen molar-refractivity contribution in [2.75, 3.05) is 11.6 Å². The summed E-state index contributed by atoms with van der Waals surface area (Å²) in [4.78, 5) is 12.6. The number of anilines is 1. The van der Waals surface area contributed by atoms with Gasteiger partial charge in [-0.3, -0.25) is 0 Å². The minimum atomic E-state index is -0.780. The van der Waals surface area contributed by atoms with E-state index in [-0.39, 0.29) is 6.04 Å². The molecule has 1 fully saturated rings. The fourth-order valence-electron chi connectivity index (χ4n) is 2.72. The van der Waals surface area contributed by atoms with Crippen LogP contribution < -0.4 is 5.32 Å².